The average molecular weight is 261 g/mol. The largest absolute Gasteiger partial charge is 0.493 e. The highest BCUT2D eigenvalue weighted by atomic mass is 16.5. The van der Waals surface area contributed by atoms with E-state index in [1.54, 1.807) is 6.08 Å². The predicted octanol–water partition coefficient (Wildman–Crippen LogP) is 1.38. The minimum absolute atomic E-state index is 0.0782. The fraction of sp³-hybridized carbons (Fsp3) is 0.400. The molecule has 19 heavy (non-hydrogen) atoms. The van der Waals surface area contributed by atoms with Crippen LogP contribution in [0.15, 0.2) is 24.3 Å². The molecule has 1 heterocycles. The molecule has 0 fully saturated rings. The molecule has 2 N–H and O–H groups in total. The zero-order chi connectivity index (χ0) is 13.7. The number of amides is 1. The first-order valence-corrected chi connectivity index (χ1v) is 6.51. The lowest BCUT2D eigenvalue weighted by atomic mass is 10.1. The van der Waals surface area contributed by atoms with Crippen molar-refractivity contribution in [1.29, 1.82) is 0 Å². The number of rotatable bonds is 5. The highest BCUT2D eigenvalue weighted by Gasteiger charge is 2.11. The molecule has 4 heteroatoms. The van der Waals surface area contributed by atoms with Crippen LogP contribution >= 0.6 is 0 Å². The van der Waals surface area contributed by atoms with Crippen molar-refractivity contribution >= 4 is 12.0 Å². The van der Waals surface area contributed by atoms with Gasteiger partial charge in [-0.2, -0.15) is 0 Å². The molecule has 1 aliphatic rings. The second kappa shape index (κ2) is 6.38. The maximum absolute atomic E-state index is 11.6. The molecular formula is C15H19NO3. The summed E-state index contributed by atoms with van der Waals surface area (Å²) in [6.07, 6.45) is 4.23. The highest BCUT2D eigenvalue weighted by molar-refractivity contribution is 5.91. The van der Waals surface area contributed by atoms with E-state index in [9.17, 15) is 4.79 Å². The number of hydrogen-bond donors (Lipinski definition) is 2. The van der Waals surface area contributed by atoms with Gasteiger partial charge in [-0.15, -0.1) is 0 Å². The van der Waals surface area contributed by atoms with Gasteiger partial charge in [0.05, 0.1) is 6.61 Å². The van der Waals surface area contributed by atoms with Crippen LogP contribution in [-0.4, -0.2) is 30.8 Å². The summed E-state index contributed by atoms with van der Waals surface area (Å²) >= 11 is 0. The van der Waals surface area contributed by atoms with Crippen molar-refractivity contribution < 1.29 is 14.6 Å². The summed E-state index contributed by atoms with van der Waals surface area (Å²) in [6, 6.07) is 5.92. The Balaban J connectivity index is 1.89. The Hall–Kier alpha value is -1.81. The van der Waals surface area contributed by atoms with Gasteiger partial charge in [-0.3, -0.25) is 4.79 Å². The molecule has 4 nitrogen and oxygen atoms in total. The Morgan fingerprint density at radius 2 is 2.42 bits per heavy atom. The molecule has 2 rings (SSSR count). The highest BCUT2D eigenvalue weighted by Crippen LogP contribution is 2.26. The van der Waals surface area contributed by atoms with E-state index in [1.807, 2.05) is 25.1 Å². The van der Waals surface area contributed by atoms with Gasteiger partial charge in [0.25, 0.3) is 0 Å². The Kier molecular flexibility index (Phi) is 4.58. The van der Waals surface area contributed by atoms with E-state index in [2.05, 4.69) is 5.32 Å². The van der Waals surface area contributed by atoms with Gasteiger partial charge in [0, 0.05) is 25.6 Å². The summed E-state index contributed by atoms with van der Waals surface area (Å²) < 4.78 is 5.43. The van der Waals surface area contributed by atoms with Crippen molar-refractivity contribution in [3.63, 3.8) is 0 Å². The lowest BCUT2D eigenvalue weighted by Crippen LogP contribution is -2.27. The number of carbonyl (C=O) groups is 1. The van der Waals surface area contributed by atoms with Crippen LogP contribution in [0.4, 0.5) is 0 Å². The monoisotopic (exact) mass is 261 g/mol. The molecule has 1 unspecified atom stereocenters. The first kappa shape index (κ1) is 13.6. The number of fused-ring (bicyclic) bond motifs is 1. The second-order valence-electron chi connectivity index (χ2n) is 4.83. The zero-order valence-corrected chi connectivity index (χ0v) is 11.1. The molecule has 0 bridgehead atoms. The Morgan fingerprint density at radius 1 is 1.58 bits per heavy atom. The third-order valence-corrected chi connectivity index (χ3v) is 3.08. The van der Waals surface area contributed by atoms with E-state index >= 15 is 0 Å². The zero-order valence-electron chi connectivity index (χ0n) is 11.1. The lowest BCUT2D eigenvalue weighted by molar-refractivity contribution is -0.116. The average Bonchev–Trinajstić information content (AvgIpc) is 2.89. The van der Waals surface area contributed by atoms with E-state index in [-0.39, 0.29) is 18.4 Å². The molecule has 1 aromatic rings. The van der Waals surface area contributed by atoms with E-state index in [1.165, 1.54) is 11.6 Å². The summed E-state index contributed by atoms with van der Waals surface area (Å²) in [5.74, 6) is 0.880. The SMILES string of the molecule is CC(CO)CNC(=O)C=Cc1ccc2c(c1)CCO2. The summed E-state index contributed by atoms with van der Waals surface area (Å²) in [5, 5.41) is 11.6. The van der Waals surface area contributed by atoms with Crippen molar-refractivity contribution in [3.8, 4) is 5.75 Å². The number of benzene rings is 1. The molecule has 102 valence electrons. The fourth-order valence-electron chi connectivity index (χ4n) is 1.88. The van der Waals surface area contributed by atoms with Gasteiger partial charge >= 0.3 is 0 Å². The number of aliphatic hydroxyl groups is 1. The van der Waals surface area contributed by atoms with E-state index in [0.29, 0.717) is 6.54 Å². The Bertz CT molecular complexity index is 482. The molecule has 1 aromatic carbocycles. The van der Waals surface area contributed by atoms with Crippen molar-refractivity contribution in [2.45, 2.75) is 13.3 Å². The first-order valence-electron chi connectivity index (χ1n) is 6.51. The maximum Gasteiger partial charge on any atom is 0.244 e. The van der Waals surface area contributed by atoms with Crippen molar-refractivity contribution in [3.05, 3.63) is 35.4 Å². The normalized spacial score (nSPS) is 15.1. The third-order valence-electron chi connectivity index (χ3n) is 3.08. The smallest absolute Gasteiger partial charge is 0.244 e. The standard InChI is InChI=1S/C15H19NO3/c1-11(10-17)9-16-15(18)5-3-12-2-4-14-13(8-12)6-7-19-14/h2-5,8,11,17H,6-7,9-10H2,1H3,(H,16,18). The molecule has 0 radical (unpaired) electrons. The molecule has 0 spiro atoms. The van der Waals surface area contributed by atoms with Crippen molar-refractivity contribution in [2.24, 2.45) is 5.92 Å². The second-order valence-corrected chi connectivity index (χ2v) is 4.83. The molecule has 1 aliphatic heterocycles. The van der Waals surface area contributed by atoms with Crippen LogP contribution in [0, 0.1) is 5.92 Å². The number of nitrogens with one attached hydrogen (secondary N) is 1. The van der Waals surface area contributed by atoms with E-state index in [4.69, 9.17) is 9.84 Å². The number of aliphatic hydroxyl groups excluding tert-OH is 1. The molecule has 1 atom stereocenters. The fourth-order valence-corrected chi connectivity index (χ4v) is 1.88. The van der Waals surface area contributed by atoms with Gasteiger partial charge < -0.3 is 15.2 Å². The van der Waals surface area contributed by atoms with Gasteiger partial charge in [-0.25, -0.2) is 0 Å². The molecule has 0 aromatic heterocycles. The minimum Gasteiger partial charge on any atom is -0.493 e. The Labute approximate surface area is 113 Å². The van der Waals surface area contributed by atoms with Gasteiger partial charge in [-0.1, -0.05) is 13.0 Å². The van der Waals surface area contributed by atoms with Crippen LogP contribution < -0.4 is 10.1 Å². The van der Waals surface area contributed by atoms with Gasteiger partial charge in [0.2, 0.25) is 5.91 Å². The Morgan fingerprint density at radius 3 is 3.21 bits per heavy atom. The van der Waals surface area contributed by atoms with E-state index < -0.39 is 0 Å². The van der Waals surface area contributed by atoms with Crippen LogP contribution in [0.1, 0.15) is 18.1 Å². The number of hydrogen-bond acceptors (Lipinski definition) is 3. The van der Waals surface area contributed by atoms with Crippen LogP contribution in [0.2, 0.25) is 0 Å². The van der Waals surface area contributed by atoms with Crippen molar-refractivity contribution in [1.82, 2.24) is 5.32 Å². The molecular weight excluding hydrogens is 242 g/mol. The maximum atomic E-state index is 11.6. The molecule has 0 saturated carbocycles. The minimum atomic E-state index is -0.142. The summed E-state index contributed by atoms with van der Waals surface area (Å²) in [5.41, 5.74) is 2.19. The summed E-state index contributed by atoms with van der Waals surface area (Å²) in [7, 11) is 0. The van der Waals surface area contributed by atoms with Crippen LogP contribution in [0.3, 0.4) is 0 Å². The van der Waals surface area contributed by atoms with Crippen LogP contribution in [-0.2, 0) is 11.2 Å². The van der Waals surface area contributed by atoms with Crippen LogP contribution in [0.25, 0.3) is 6.08 Å². The quantitative estimate of drug-likeness (QED) is 0.787. The van der Waals surface area contributed by atoms with Gasteiger partial charge in [0.15, 0.2) is 0 Å². The van der Waals surface area contributed by atoms with E-state index in [0.717, 1.165) is 24.3 Å². The number of ether oxygens (including phenoxy) is 1. The molecule has 1 amide bonds. The third kappa shape index (κ3) is 3.83. The lowest BCUT2D eigenvalue weighted by Gasteiger charge is -2.07. The first-order chi connectivity index (χ1) is 9.19. The van der Waals surface area contributed by atoms with Gasteiger partial charge in [0.1, 0.15) is 5.75 Å². The predicted molar refractivity (Wildman–Crippen MR) is 73.9 cm³/mol. The summed E-state index contributed by atoms with van der Waals surface area (Å²) in [6.45, 7) is 3.18. The topological polar surface area (TPSA) is 58.6 Å². The number of carbonyl (C=O) groups excluding carboxylic acids is 1. The molecule has 0 aliphatic carbocycles. The summed E-state index contributed by atoms with van der Waals surface area (Å²) in [4.78, 5) is 11.6. The molecule has 0 saturated heterocycles. The van der Waals surface area contributed by atoms with Crippen molar-refractivity contribution in [2.75, 3.05) is 19.8 Å². The van der Waals surface area contributed by atoms with Gasteiger partial charge in [-0.05, 0) is 35.3 Å². The van der Waals surface area contributed by atoms with Crippen LogP contribution in [0.5, 0.6) is 5.75 Å².